The summed E-state index contributed by atoms with van der Waals surface area (Å²) in [5, 5.41) is 9.04. The molecule has 0 amide bonds. The van der Waals surface area contributed by atoms with Crippen LogP contribution in [0.15, 0.2) is 30.3 Å². The van der Waals surface area contributed by atoms with Crippen LogP contribution >= 0.6 is 0 Å². The van der Waals surface area contributed by atoms with Crippen LogP contribution in [0.2, 0.25) is 0 Å². The first-order chi connectivity index (χ1) is 10.0. The Balaban J connectivity index is 2.09. The molecule has 0 atom stereocenters. The summed E-state index contributed by atoms with van der Waals surface area (Å²) in [6.45, 7) is 3.97. The Morgan fingerprint density at radius 2 is 2.00 bits per heavy atom. The van der Waals surface area contributed by atoms with Gasteiger partial charge in [-0.2, -0.15) is 0 Å². The number of aromatic nitrogens is 1. The molecule has 1 N–H and O–H groups in total. The minimum atomic E-state index is -0.0324. The Kier molecular flexibility index (Phi) is 4.81. The average molecular weight is 287 g/mol. The van der Waals surface area contributed by atoms with Crippen molar-refractivity contribution in [3.8, 4) is 5.75 Å². The molecule has 1 heterocycles. The summed E-state index contributed by atoms with van der Waals surface area (Å²) < 4.78 is 7.63. The largest absolute Gasteiger partial charge is 0.485 e. The molecule has 0 unspecified atom stereocenters. The Hall–Kier alpha value is -2.07. The molecule has 0 aliphatic rings. The number of ether oxygens (including phenoxy) is 1. The van der Waals surface area contributed by atoms with Crippen LogP contribution in [0, 0.1) is 13.8 Å². The van der Waals surface area contributed by atoms with E-state index in [1.54, 1.807) is 0 Å². The van der Waals surface area contributed by atoms with Crippen LogP contribution in [0.5, 0.6) is 5.75 Å². The number of aliphatic hydroxyl groups excluding tert-OH is 1. The molecule has 2 rings (SSSR count). The van der Waals surface area contributed by atoms with E-state index in [9.17, 15) is 4.79 Å². The molecular formula is C17H21NO3. The molecule has 0 saturated heterocycles. The number of carbonyl (C=O) groups is 1. The fourth-order valence-electron chi connectivity index (χ4n) is 2.33. The molecule has 21 heavy (non-hydrogen) atoms. The number of nitrogens with zero attached hydrogens (tertiary/aromatic N) is 1. The smallest absolute Gasteiger partial charge is 0.202 e. The quantitative estimate of drug-likeness (QED) is 0.830. The van der Waals surface area contributed by atoms with Crippen molar-refractivity contribution in [3.05, 3.63) is 52.8 Å². The minimum Gasteiger partial charge on any atom is -0.485 e. The summed E-state index contributed by atoms with van der Waals surface area (Å²) >= 11 is 0. The van der Waals surface area contributed by atoms with E-state index >= 15 is 0 Å². The van der Waals surface area contributed by atoms with Crippen molar-refractivity contribution in [3.63, 3.8) is 0 Å². The van der Waals surface area contributed by atoms with Crippen molar-refractivity contribution in [2.24, 2.45) is 7.05 Å². The monoisotopic (exact) mass is 287 g/mol. The van der Waals surface area contributed by atoms with Gasteiger partial charge in [0.2, 0.25) is 5.78 Å². The molecule has 0 fully saturated rings. The molecule has 112 valence electrons. The van der Waals surface area contributed by atoms with Crippen LogP contribution in [0.25, 0.3) is 0 Å². The SMILES string of the molecule is Cc1cc(C(=O)COc2ccccc2CCO)c(C)n1C. The van der Waals surface area contributed by atoms with E-state index in [0.29, 0.717) is 17.7 Å². The molecule has 0 saturated carbocycles. The van der Waals surface area contributed by atoms with Crippen LogP contribution in [0.4, 0.5) is 0 Å². The minimum absolute atomic E-state index is 0.00668. The fraction of sp³-hybridized carbons (Fsp3) is 0.353. The Morgan fingerprint density at radius 1 is 1.29 bits per heavy atom. The van der Waals surface area contributed by atoms with E-state index in [1.807, 2.05) is 55.8 Å². The van der Waals surface area contributed by atoms with Crippen molar-refractivity contribution >= 4 is 5.78 Å². The molecule has 4 heteroatoms. The van der Waals surface area contributed by atoms with E-state index in [2.05, 4.69) is 0 Å². The second-order valence-corrected chi connectivity index (χ2v) is 5.14. The normalized spacial score (nSPS) is 10.7. The predicted octanol–water partition coefficient (Wildman–Crippen LogP) is 2.44. The summed E-state index contributed by atoms with van der Waals surface area (Å²) in [6.07, 6.45) is 0.522. The number of Topliss-reactive ketones (excluding diaryl/α,β-unsaturated/α-hetero) is 1. The first-order valence-corrected chi connectivity index (χ1v) is 7.02. The third kappa shape index (κ3) is 3.34. The first-order valence-electron chi connectivity index (χ1n) is 7.02. The summed E-state index contributed by atoms with van der Waals surface area (Å²) in [5.41, 5.74) is 3.62. The van der Waals surface area contributed by atoms with E-state index in [4.69, 9.17) is 9.84 Å². The second-order valence-electron chi connectivity index (χ2n) is 5.14. The lowest BCUT2D eigenvalue weighted by Gasteiger charge is -2.10. The van der Waals surface area contributed by atoms with Gasteiger partial charge in [0.05, 0.1) is 0 Å². The Bertz CT molecular complexity index is 643. The van der Waals surface area contributed by atoms with E-state index < -0.39 is 0 Å². The van der Waals surface area contributed by atoms with Gasteiger partial charge >= 0.3 is 0 Å². The molecule has 0 bridgehead atoms. The average Bonchev–Trinajstić information content (AvgIpc) is 2.74. The maximum Gasteiger partial charge on any atom is 0.202 e. The fourth-order valence-corrected chi connectivity index (χ4v) is 2.33. The number of ketones is 1. The highest BCUT2D eigenvalue weighted by Crippen LogP contribution is 2.19. The summed E-state index contributed by atoms with van der Waals surface area (Å²) in [7, 11) is 1.94. The summed E-state index contributed by atoms with van der Waals surface area (Å²) in [5.74, 6) is 0.625. The number of aliphatic hydroxyl groups is 1. The number of aryl methyl sites for hydroxylation is 1. The van der Waals surface area contributed by atoms with Crippen molar-refractivity contribution < 1.29 is 14.6 Å². The van der Waals surface area contributed by atoms with Crippen molar-refractivity contribution in [2.45, 2.75) is 20.3 Å². The zero-order chi connectivity index (χ0) is 15.4. The second kappa shape index (κ2) is 6.59. The molecule has 0 aliphatic carbocycles. The zero-order valence-corrected chi connectivity index (χ0v) is 12.7. The predicted molar refractivity (Wildman–Crippen MR) is 81.9 cm³/mol. The van der Waals surface area contributed by atoms with E-state index in [-0.39, 0.29) is 19.0 Å². The first kappa shape index (κ1) is 15.3. The Labute approximate surface area is 125 Å². The highest BCUT2D eigenvalue weighted by Gasteiger charge is 2.15. The maximum absolute atomic E-state index is 12.3. The van der Waals surface area contributed by atoms with Crippen LogP contribution in [0.3, 0.4) is 0 Å². The highest BCUT2D eigenvalue weighted by atomic mass is 16.5. The van der Waals surface area contributed by atoms with Crippen molar-refractivity contribution in [1.82, 2.24) is 4.57 Å². The van der Waals surface area contributed by atoms with Gasteiger partial charge in [-0.3, -0.25) is 4.79 Å². The molecule has 2 aromatic rings. The van der Waals surface area contributed by atoms with Crippen LogP contribution < -0.4 is 4.74 Å². The summed E-state index contributed by atoms with van der Waals surface area (Å²) in [6, 6.07) is 9.36. The molecular weight excluding hydrogens is 266 g/mol. The van der Waals surface area contributed by atoms with Gasteiger partial charge < -0.3 is 14.4 Å². The van der Waals surface area contributed by atoms with Crippen LogP contribution in [0.1, 0.15) is 27.3 Å². The molecule has 0 radical (unpaired) electrons. The number of para-hydroxylation sites is 1. The molecule has 0 spiro atoms. The van der Waals surface area contributed by atoms with Crippen LogP contribution in [-0.4, -0.2) is 28.7 Å². The number of hydrogen-bond acceptors (Lipinski definition) is 3. The van der Waals surface area contributed by atoms with Gasteiger partial charge in [-0.1, -0.05) is 18.2 Å². The molecule has 4 nitrogen and oxygen atoms in total. The van der Waals surface area contributed by atoms with Crippen LogP contribution in [-0.2, 0) is 13.5 Å². The molecule has 1 aromatic carbocycles. The number of benzene rings is 1. The standard InChI is InChI=1S/C17H21NO3/c1-12-10-15(13(2)18(12)3)16(20)11-21-17-7-5-4-6-14(17)8-9-19/h4-7,10,19H,8-9,11H2,1-3H3. The molecule has 1 aromatic heterocycles. The van der Waals surface area contributed by atoms with Gasteiger partial charge in [-0.15, -0.1) is 0 Å². The van der Waals surface area contributed by atoms with E-state index in [0.717, 1.165) is 17.0 Å². The topological polar surface area (TPSA) is 51.5 Å². The van der Waals surface area contributed by atoms with Gasteiger partial charge in [-0.05, 0) is 38.0 Å². The highest BCUT2D eigenvalue weighted by molar-refractivity contribution is 5.98. The Morgan fingerprint density at radius 3 is 2.62 bits per heavy atom. The maximum atomic E-state index is 12.3. The number of hydrogen-bond donors (Lipinski definition) is 1. The van der Waals surface area contributed by atoms with Gasteiger partial charge in [0.1, 0.15) is 5.75 Å². The lowest BCUT2D eigenvalue weighted by atomic mass is 10.1. The van der Waals surface area contributed by atoms with Gasteiger partial charge in [0.25, 0.3) is 0 Å². The lowest BCUT2D eigenvalue weighted by Crippen LogP contribution is -2.13. The third-order valence-corrected chi connectivity index (χ3v) is 3.79. The van der Waals surface area contributed by atoms with Gasteiger partial charge in [0, 0.05) is 30.6 Å². The zero-order valence-electron chi connectivity index (χ0n) is 12.7. The van der Waals surface area contributed by atoms with Crippen molar-refractivity contribution in [2.75, 3.05) is 13.2 Å². The lowest BCUT2D eigenvalue weighted by molar-refractivity contribution is 0.0920. The van der Waals surface area contributed by atoms with E-state index in [1.165, 1.54) is 0 Å². The van der Waals surface area contributed by atoms with Gasteiger partial charge in [-0.25, -0.2) is 0 Å². The number of rotatable bonds is 6. The summed E-state index contributed by atoms with van der Waals surface area (Å²) in [4.78, 5) is 12.3. The third-order valence-electron chi connectivity index (χ3n) is 3.79. The molecule has 0 aliphatic heterocycles. The number of carbonyl (C=O) groups excluding carboxylic acids is 1. The van der Waals surface area contributed by atoms with Gasteiger partial charge in [0.15, 0.2) is 6.61 Å². The van der Waals surface area contributed by atoms with Crippen molar-refractivity contribution in [1.29, 1.82) is 0 Å².